The van der Waals surface area contributed by atoms with E-state index in [9.17, 15) is 14.0 Å². The Bertz CT molecular complexity index is 965. The third kappa shape index (κ3) is 3.00. The highest BCUT2D eigenvalue weighted by molar-refractivity contribution is 6.22. The highest BCUT2D eigenvalue weighted by Crippen LogP contribution is 2.48. The van der Waals surface area contributed by atoms with Gasteiger partial charge in [0, 0.05) is 10.5 Å². The molecule has 8 heteroatoms. The van der Waals surface area contributed by atoms with Crippen molar-refractivity contribution in [3.05, 3.63) is 75.9 Å². The maximum absolute atomic E-state index is 14.0. The number of hydrogen-bond acceptors (Lipinski definition) is 4. The standard InChI is InChI=1S/C19H17FN4O3/c1-18(2,3)27-17(26)24-15-10-9-13(20)11-14(15)19(16(24)25,22-23-21)12-7-5-4-6-8-12/h4-11H,1-3H3/t19-/m0/s1. The van der Waals surface area contributed by atoms with E-state index in [1.165, 1.54) is 6.07 Å². The van der Waals surface area contributed by atoms with E-state index in [4.69, 9.17) is 10.3 Å². The van der Waals surface area contributed by atoms with Crippen molar-refractivity contribution in [2.45, 2.75) is 31.9 Å². The van der Waals surface area contributed by atoms with Gasteiger partial charge in [-0.25, -0.2) is 14.1 Å². The van der Waals surface area contributed by atoms with Gasteiger partial charge in [0.15, 0.2) is 5.54 Å². The van der Waals surface area contributed by atoms with Crippen LogP contribution in [0.3, 0.4) is 0 Å². The molecule has 0 unspecified atom stereocenters. The zero-order valence-corrected chi connectivity index (χ0v) is 15.0. The lowest BCUT2D eigenvalue weighted by atomic mass is 9.85. The Morgan fingerprint density at radius 3 is 2.48 bits per heavy atom. The van der Waals surface area contributed by atoms with Crippen molar-refractivity contribution < 1.29 is 18.7 Å². The molecule has 2 amide bonds. The number of carbonyl (C=O) groups excluding carboxylic acids is 2. The van der Waals surface area contributed by atoms with Crippen molar-refractivity contribution in [1.29, 1.82) is 0 Å². The van der Waals surface area contributed by atoms with E-state index < -0.39 is 29.0 Å². The summed E-state index contributed by atoms with van der Waals surface area (Å²) in [5.74, 6) is -1.44. The van der Waals surface area contributed by atoms with E-state index in [2.05, 4.69) is 10.0 Å². The minimum atomic E-state index is -1.90. The molecule has 2 aromatic rings. The number of anilines is 1. The van der Waals surface area contributed by atoms with Gasteiger partial charge in [0.25, 0.3) is 5.91 Å². The van der Waals surface area contributed by atoms with Crippen molar-refractivity contribution in [3.8, 4) is 0 Å². The van der Waals surface area contributed by atoms with Gasteiger partial charge in [0.05, 0.1) is 5.69 Å². The fourth-order valence-corrected chi connectivity index (χ4v) is 3.05. The van der Waals surface area contributed by atoms with Crippen molar-refractivity contribution in [2.24, 2.45) is 5.11 Å². The van der Waals surface area contributed by atoms with Gasteiger partial charge in [-0.1, -0.05) is 35.4 Å². The van der Waals surface area contributed by atoms with Crippen molar-refractivity contribution in [1.82, 2.24) is 0 Å². The number of amides is 2. The van der Waals surface area contributed by atoms with Crippen LogP contribution in [0.25, 0.3) is 10.4 Å². The van der Waals surface area contributed by atoms with Crippen molar-refractivity contribution in [3.63, 3.8) is 0 Å². The van der Waals surface area contributed by atoms with Crippen LogP contribution in [-0.2, 0) is 15.1 Å². The fraction of sp³-hybridized carbons (Fsp3) is 0.263. The minimum absolute atomic E-state index is 0.0855. The molecule has 0 spiro atoms. The van der Waals surface area contributed by atoms with E-state index in [1.807, 2.05) is 0 Å². The predicted molar refractivity (Wildman–Crippen MR) is 96.5 cm³/mol. The lowest BCUT2D eigenvalue weighted by molar-refractivity contribution is -0.121. The van der Waals surface area contributed by atoms with Crippen molar-refractivity contribution >= 4 is 17.7 Å². The second-order valence-electron chi connectivity index (χ2n) is 7.05. The second kappa shape index (κ2) is 6.41. The van der Waals surface area contributed by atoms with Crippen LogP contribution >= 0.6 is 0 Å². The first-order chi connectivity index (χ1) is 12.7. The molecular formula is C19H17FN4O3. The summed E-state index contributed by atoms with van der Waals surface area (Å²) in [6.07, 6.45) is -0.925. The number of benzene rings is 2. The summed E-state index contributed by atoms with van der Waals surface area (Å²) in [4.78, 5) is 29.7. The Kier molecular flexibility index (Phi) is 4.37. The Morgan fingerprint density at radius 2 is 1.89 bits per heavy atom. The van der Waals surface area contributed by atoms with Crippen LogP contribution in [0.15, 0.2) is 53.6 Å². The van der Waals surface area contributed by atoms with Crippen LogP contribution < -0.4 is 4.90 Å². The Labute approximate surface area is 155 Å². The molecule has 0 aromatic heterocycles. The predicted octanol–water partition coefficient (Wildman–Crippen LogP) is 4.66. The summed E-state index contributed by atoms with van der Waals surface area (Å²) >= 11 is 0. The van der Waals surface area contributed by atoms with Gasteiger partial charge in [0.1, 0.15) is 11.4 Å². The lowest BCUT2D eigenvalue weighted by Gasteiger charge is -2.26. The molecule has 1 atom stereocenters. The molecule has 0 fully saturated rings. The first kappa shape index (κ1) is 18.4. The van der Waals surface area contributed by atoms with Crippen LogP contribution in [0.5, 0.6) is 0 Å². The monoisotopic (exact) mass is 368 g/mol. The second-order valence-corrected chi connectivity index (χ2v) is 7.05. The highest BCUT2D eigenvalue weighted by Gasteiger charge is 2.55. The average molecular weight is 368 g/mol. The van der Waals surface area contributed by atoms with Gasteiger partial charge in [-0.15, -0.1) is 0 Å². The molecule has 3 rings (SSSR count). The summed E-state index contributed by atoms with van der Waals surface area (Å²) in [6.45, 7) is 4.98. The largest absolute Gasteiger partial charge is 0.443 e. The number of carbonyl (C=O) groups is 2. The van der Waals surface area contributed by atoms with E-state index in [-0.39, 0.29) is 11.3 Å². The zero-order chi connectivity index (χ0) is 19.8. The van der Waals surface area contributed by atoms with E-state index in [0.717, 1.165) is 17.0 Å². The first-order valence-electron chi connectivity index (χ1n) is 8.20. The maximum atomic E-state index is 14.0. The summed E-state index contributed by atoms with van der Waals surface area (Å²) in [5.41, 5.74) is 6.93. The fourth-order valence-electron chi connectivity index (χ4n) is 3.05. The molecule has 1 heterocycles. The molecule has 27 heavy (non-hydrogen) atoms. The molecule has 1 aliphatic heterocycles. The smallest absolute Gasteiger partial charge is 0.421 e. The van der Waals surface area contributed by atoms with Gasteiger partial charge < -0.3 is 4.74 Å². The third-order valence-corrected chi connectivity index (χ3v) is 4.06. The highest BCUT2D eigenvalue weighted by atomic mass is 19.1. The van der Waals surface area contributed by atoms with Gasteiger partial charge in [-0.2, -0.15) is 0 Å². The third-order valence-electron chi connectivity index (χ3n) is 4.06. The Balaban J connectivity index is 2.28. The summed E-state index contributed by atoms with van der Waals surface area (Å²) in [6, 6.07) is 11.7. The molecular weight excluding hydrogens is 351 g/mol. The molecule has 0 radical (unpaired) electrons. The molecule has 0 bridgehead atoms. The summed E-state index contributed by atoms with van der Waals surface area (Å²) < 4.78 is 19.3. The number of hydrogen-bond donors (Lipinski definition) is 0. The van der Waals surface area contributed by atoms with E-state index in [0.29, 0.717) is 5.56 Å². The van der Waals surface area contributed by atoms with Gasteiger partial charge in [0.2, 0.25) is 0 Å². The molecule has 2 aromatic carbocycles. The number of rotatable bonds is 2. The zero-order valence-electron chi connectivity index (χ0n) is 15.0. The van der Waals surface area contributed by atoms with E-state index >= 15 is 0 Å². The molecule has 138 valence electrons. The molecule has 1 aliphatic rings. The van der Waals surface area contributed by atoms with Crippen LogP contribution in [0.4, 0.5) is 14.9 Å². The topological polar surface area (TPSA) is 95.4 Å². The molecule has 0 aliphatic carbocycles. The minimum Gasteiger partial charge on any atom is -0.443 e. The molecule has 0 N–H and O–H groups in total. The number of halogens is 1. The maximum Gasteiger partial charge on any atom is 0.421 e. The quantitative estimate of drug-likeness (QED) is 0.438. The molecule has 0 saturated carbocycles. The number of fused-ring (bicyclic) bond motifs is 1. The Hall–Kier alpha value is -3.38. The van der Waals surface area contributed by atoms with Crippen molar-refractivity contribution in [2.75, 3.05) is 4.90 Å². The normalized spacial score (nSPS) is 18.7. The molecule has 7 nitrogen and oxygen atoms in total. The lowest BCUT2D eigenvalue weighted by Crippen LogP contribution is -2.45. The van der Waals surface area contributed by atoms with Crippen LogP contribution in [0.1, 0.15) is 31.9 Å². The average Bonchev–Trinajstić information content (AvgIpc) is 2.84. The molecule has 0 saturated heterocycles. The SMILES string of the molecule is CC(C)(C)OC(=O)N1C(=O)[C@](N=[N+]=[N-])(c2ccccc2)c2cc(F)ccc21. The summed E-state index contributed by atoms with van der Waals surface area (Å²) in [5, 5.41) is 3.73. The van der Waals surface area contributed by atoms with Gasteiger partial charge >= 0.3 is 6.09 Å². The van der Waals surface area contributed by atoms with Crippen LogP contribution in [0.2, 0.25) is 0 Å². The number of imide groups is 1. The van der Waals surface area contributed by atoms with Gasteiger partial charge in [-0.05, 0) is 50.1 Å². The van der Waals surface area contributed by atoms with Crippen LogP contribution in [0, 0.1) is 5.82 Å². The number of azide groups is 1. The first-order valence-corrected chi connectivity index (χ1v) is 8.20. The number of nitrogens with zero attached hydrogens (tertiary/aromatic N) is 4. The van der Waals surface area contributed by atoms with E-state index in [1.54, 1.807) is 51.1 Å². The number of ether oxygens (including phenoxy) is 1. The summed E-state index contributed by atoms with van der Waals surface area (Å²) in [7, 11) is 0. The Morgan fingerprint density at radius 1 is 1.22 bits per heavy atom. The van der Waals surface area contributed by atoms with Gasteiger partial charge in [-0.3, -0.25) is 4.79 Å². The van der Waals surface area contributed by atoms with Crippen LogP contribution in [-0.4, -0.2) is 17.6 Å².